The number of nitrogens with zero attached hydrogens (tertiary/aromatic N) is 2. The molecule has 0 saturated carbocycles. The average Bonchev–Trinajstić information content (AvgIpc) is 3.13. The molecule has 0 amide bonds. The Hall–Kier alpha value is -2.90. The van der Waals surface area contributed by atoms with Gasteiger partial charge in [0.05, 0.1) is 17.2 Å². The number of carbonyl (C=O) groups is 1. The molecule has 1 atom stereocenters. The first-order valence-corrected chi connectivity index (χ1v) is 8.80. The Balaban J connectivity index is 1.49. The van der Waals surface area contributed by atoms with Crippen molar-refractivity contribution in [3.63, 3.8) is 0 Å². The lowest BCUT2D eigenvalue weighted by Crippen LogP contribution is -2.52. The van der Waals surface area contributed by atoms with Crippen LogP contribution in [0.2, 0.25) is 5.02 Å². The van der Waals surface area contributed by atoms with E-state index in [1.807, 2.05) is 0 Å². The van der Waals surface area contributed by atoms with Crippen molar-refractivity contribution >= 4 is 28.6 Å². The number of rotatable bonds is 5. The Morgan fingerprint density at radius 3 is 2.63 bits per heavy atom. The number of nitrogens with one attached hydrogen (secondary N) is 1. The van der Waals surface area contributed by atoms with Gasteiger partial charge in [0.25, 0.3) is 5.72 Å². The monoisotopic (exact) mass is 385 g/mol. The number of halogens is 1. The van der Waals surface area contributed by atoms with Crippen molar-refractivity contribution in [2.45, 2.75) is 18.6 Å². The fourth-order valence-electron chi connectivity index (χ4n) is 2.94. The van der Waals surface area contributed by atoms with Gasteiger partial charge in [-0.2, -0.15) is 0 Å². The van der Waals surface area contributed by atoms with Gasteiger partial charge in [0.1, 0.15) is 11.5 Å². The summed E-state index contributed by atoms with van der Waals surface area (Å²) in [5, 5.41) is 12.9. The van der Waals surface area contributed by atoms with Gasteiger partial charge < -0.3 is 14.6 Å². The molecule has 0 spiro atoms. The summed E-state index contributed by atoms with van der Waals surface area (Å²) in [6.07, 6.45) is 2.68. The summed E-state index contributed by atoms with van der Waals surface area (Å²) in [5.41, 5.74) is -0.0119. The van der Waals surface area contributed by atoms with E-state index in [1.165, 1.54) is 6.20 Å². The Bertz CT molecular complexity index is 988. The van der Waals surface area contributed by atoms with Crippen LogP contribution in [-0.4, -0.2) is 33.3 Å². The summed E-state index contributed by atoms with van der Waals surface area (Å²) >= 11 is 5.94. The fourth-order valence-corrected chi connectivity index (χ4v) is 3.11. The maximum Gasteiger partial charge on any atom is 0.363 e. The quantitative estimate of drug-likeness (QED) is 0.692. The van der Waals surface area contributed by atoms with Crippen LogP contribution in [0.3, 0.4) is 0 Å². The van der Waals surface area contributed by atoms with Gasteiger partial charge in [0.15, 0.2) is 0 Å². The second-order valence-corrected chi connectivity index (χ2v) is 6.62. The van der Waals surface area contributed by atoms with Crippen molar-refractivity contribution < 1.29 is 19.4 Å². The number of fused-ring (bicyclic) bond motifs is 1. The Labute approximate surface area is 159 Å². The number of ether oxygens (including phenoxy) is 2. The fraction of sp³-hybridized carbons (Fsp3) is 0.211. The van der Waals surface area contributed by atoms with Gasteiger partial charge >= 0.3 is 5.97 Å². The predicted octanol–water partition coefficient (Wildman–Crippen LogP) is 3.62. The SMILES string of the molecule is O=C(O)[C@]1(Oc2ccc(Oc3cnc4cc(Cl)ccc4n3)cc2)CCCN1. The minimum Gasteiger partial charge on any atom is -0.477 e. The molecular formula is C19H16ClN3O4. The van der Waals surface area contributed by atoms with Gasteiger partial charge in [-0.1, -0.05) is 11.6 Å². The molecule has 2 aromatic carbocycles. The maximum atomic E-state index is 11.5. The lowest BCUT2D eigenvalue weighted by atomic mass is 10.1. The van der Waals surface area contributed by atoms with Crippen LogP contribution < -0.4 is 14.8 Å². The predicted molar refractivity (Wildman–Crippen MR) is 99.3 cm³/mol. The minimum atomic E-state index is -1.37. The molecule has 1 aromatic heterocycles. The van der Waals surface area contributed by atoms with Gasteiger partial charge in [-0.3, -0.25) is 5.32 Å². The number of hydrogen-bond donors (Lipinski definition) is 2. The molecule has 0 aliphatic carbocycles. The molecule has 0 radical (unpaired) electrons. The third-order valence-electron chi connectivity index (χ3n) is 4.28. The van der Waals surface area contributed by atoms with Crippen molar-refractivity contribution in [1.29, 1.82) is 0 Å². The number of carboxylic acids is 1. The zero-order chi connectivity index (χ0) is 18.9. The van der Waals surface area contributed by atoms with E-state index in [1.54, 1.807) is 42.5 Å². The largest absolute Gasteiger partial charge is 0.477 e. The highest BCUT2D eigenvalue weighted by Crippen LogP contribution is 2.28. The van der Waals surface area contributed by atoms with E-state index in [2.05, 4.69) is 15.3 Å². The zero-order valence-corrected chi connectivity index (χ0v) is 14.9. The van der Waals surface area contributed by atoms with Crippen molar-refractivity contribution in [2.75, 3.05) is 6.54 Å². The lowest BCUT2D eigenvalue weighted by molar-refractivity contribution is -0.157. The first-order chi connectivity index (χ1) is 13.0. The molecular weight excluding hydrogens is 370 g/mol. The van der Waals surface area contributed by atoms with Crippen molar-refractivity contribution in [3.8, 4) is 17.4 Å². The molecule has 138 valence electrons. The molecule has 1 aliphatic heterocycles. The van der Waals surface area contributed by atoms with Crippen molar-refractivity contribution in [2.24, 2.45) is 0 Å². The van der Waals surface area contributed by atoms with E-state index in [0.717, 1.165) is 6.42 Å². The summed E-state index contributed by atoms with van der Waals surface area (Å²) in [7, 11) is 0. The number of aliphatic carboxylic acids is 1. The minimum absolute atomic E-state index is 0.345. The summed E-state index contributed by atoms with van der Waals surface area (Å²) in [5.74, 6) is 0.303. The summed E-state index contributed by atoms with van der Waals surface area (Å²) in [6.45, 7) is 0.610. The second kappa shape index (κ2) is 7.02. The molecule has 4 rings (SSSR count). The van der Waals surface area contributed by atoms with Crippen LogP contribution in [0, 0.1) is 0 Å². The van der Waals surface area contributed by atoms with Gasteiger partial charge in [0.2, 0.25) is 5.88 Å². The van der Waals surface area contributed by atoms with Crippen LogP contribution >= 0.6 is 11.6 Å². The molecule has 2 heterocycles. The number of carboxylic acid groups (broad SMARTS) is 1. The summed E-state index contributed by atoms with van der Waals surface area (Å²) in [6, 6.07) is 11.9. The van der Waals surface area contributed by atoms with Gasteiger partial charge in [-0.15, -0.1) is 0 Å². The van der Waals surface area contributed by atoms with E-state index in [0.29, 0.717) is 46.4 Å². The van der Waals surface area contributed by atoms with Crippen LogP contribution in [-0.2, 0) is 4.79 Å². The molecule has 7 nitrogen and oxygen atoms in total. The van der Waals surface area contributed by atoms with E-state index < -0.39 is 11.7 Å². The third kappa shape index (κ3) is 3.65. The van der Waals surface area contributed by atoms with Crippen molar-refractivity contribution in [1.82, 2.24) is 15.3 Å². The number of benzene rings is 2. The molecule has 27 heavy (non-hydrogen) atoms. The Kier molecular flexibility index (Phi) is 4.55. The van der Waals surface area contributed by atoms with Crippen molar-refractivity contribution in [3.05, 3.63) is 53.7 Å². The van der Waals surface area contributed by atoms with Gasteiger partial charge in [-0.25, -0.2) is 14.8 Å². The molecule has 1 saturated heterocycles. The number of aromatic nitrogens is 2. The third-order valence-corrected chi connectivity index (χ3v) is 4.52. The van der Waals surface area contributed by atoms with E-state index in [9.17, 15) is 9.90 Å². The Morgan fingerprint density at radius 1 is 1.15 bits per heavy atom. The molecule has 3 aromatic rings. The molecule has 1 fully saturated rings. The highest BCUT2D eigenvalue weighted by atomic mass is 35.5. The second-order valence-electron chi connectivity index (χ2n) is 6.18. The molecule has 2 N–H and O–H groups in total. The molecule has 8 heteroatoms. The summed E-state index contributed by atoms with van der Waals surface area (Å²) in [4.78, 5) is 20.2. The Morgan fingerprint density at radius 2 is 1.93 bits per heavy atom. The van der Waals surface area contributed by atoms with E-state index >= 15 is 0 Å². The highest BCUT2D eigenvalue weighted by Gasteiger charge is 2.43. The van der Waals surface area contributed by atoms with E-state index in [4.69, 9.17) is 21.1 Å². The van der Waals surface area contributed by atoms with Gasteiger partial charge in [-0.05, 0) is 55.4 Å². The zero-order valence-electron chi connectivity index (χ0n) is 14.2. The highest BCUT2D eigenvalue weighted by molar-refractivity contribution is 6.31. The summed E-state index contributed by atoms with van der Waals surface area (Å²) < 4.78 is 11.4. The molecule has 1 aliphatic rings. The molecule has 0 unspecified atom stereocenters. The smallest absolute Gasteiger partial charge is 0.363 e. The molecule has 0 bridgehead atoms. The topological polar surface area (TPSA) is 93.6 Å². The van der Waals surface area contributed by atoms with Crippen LogP contribution in [0.1, 0.15) is 12.8 Å². The van der Waals surface area contributed by atoms with E-state index in [-0.39, 0.29) is 0 Å². The standard InChI is InChI=1S/C19H16ClN3O4/c20-12-2-7-15-16(10-12)21-11-17(23-15)26-13-3-5-14(6-4-13)27-19(18(24)25)8-1-9-22-19/h2-7,10-11,22H,1,8-9H2,(H,24,25)/t19-/m1/s1. The number of hydrogen-bond acceptors (Lipinski definition) is 6. The average molecular weight is 386 g/mol. The first-order valence-electron chi connectivity index (χ1n) is 8.42. The maximum absolute atomic E-state index is 11.5. The van der Waals surface area contributed by atoms with Crippen LogP contribution in [0.4, 0.5) is 0 Å². The normalized spacial score (nSPS) is 19.1. The first kappa shape index (κ1) is 17.5. The lowest BCUT2D eigenvalue weighted by Gasteiger charge is -2.25. The van der Waals surface area contributed by atoms with Crippen LogP contribution in [0.25, 0.3) is 11.0 Å². The van der Waals surface area contributed by atoms with Crippen LogP contribution in [0.5, 0.6) is 17.4 Å². The van der Waals surface area contributed by atoms with Gasteiger partial charge in [0, 0.05) is 11.4 Å². The van der Waals surface area contributed by atoms with Crippen LogP contribution in [0.15, 0.2) is 48.7 Å².